The van der Waals surface area contributed by atoms with E-state index >= 15 is 0 Å². The molecule has 7 nitrogen and oxygen atoms in total. The molecule has 0 radical (unpaired) electrons. The highest BCUT2D eigenvalue weighted by atomic mass is 32.2. The predicted octanol–water partition coefficient (Wildman–Crippen LogP) is 4.08. The van der Waals surface area contributed by atoms with Crippen molar-refractivity contribution in [3.8, 4) is 0 Å². The van der Waals surface area contributed by atoms with E-state index in [2.05, 4.69) is 12.2 Å². The van der Waals surface area contributed by atoms with Gasteiger partial charge in [-0.3, -0.25) is 4.79 Å². The molecular formula is C23H28N2O5S2. The predicted molar refractivity (Wildman–Crippen MR) is 124 cm³/mol. The van der Waals surface area contributed by atoms with Crippen molar-refractivity contribution in [3.05, 3.63) is 45.8 Å². The van der Waals surface area contributed by atoms with E-state index in [1.54, 1.807) is 14.0 Å². The molecule has 0 bridgehead atoms. The number of esters is 1. The second-order valence-electron chi connectivity index (χ2n) is 8.51. The number of sulfonamides is 1. The SMILES string of the molecule is CCOC(=O)c1c(NC(=O)c2ccc(S(=O)(=O)N(C)C3CC3)cc2)sc2c1CC[C@H](C)C2. The first-order chi connectivity index (χ1) is 15.2. The topological polar surface area (TPSA) is 92.8 Å². The smallest absolute Gasteiger partial charge is 0.341 e. The van der Waals surface area contributed by atoms with Gasteiger partial charge >= 0.3 is 5.97 Å². The Morgan fingerprint density at radius 2 is 1.88 bits per heavy atom. The number of rotatable bonds is 7. The molecule has 32 heavy (non-hydrogen) atoms. The summed E-state index contributed by atoms with van der Waals surface area (Å²) in [6, 6.07) is 5.98. The van der Waals surface area contributed by atoms with Crippen LogP contribution in [-0.2, 0) is 27.6 Å². The van der Waals surface area contributed by atoms with Crippen LogP contribution >= 0.6 is 11.3 Å². The van der Waals surface area contributed by atoms with Gasteiger partial charge in [-0.1, -0.05) is 6.92 Å². The quantitative estimate of drug-likeness (QED) is 0.608. The first kappa shape index (κ1) is 22.9. The van der Waals surface area contributed by atoms with Crippen molar-refractivity contribution in [1.82, 2.24) is 4.31 Å². The maximum atomic E-state index is 12.9. The maximum Gasteiger partial charge on any atom is 0.341 e. The molecule has 1 fully saturated rings. The number of nitrogens with zero attached hydrogens (tertiary/aromatic N) is 1. The van der Waals surface area contributed by atoms with Crippen molar-refractivity contribution in [2.45, 2.75) is 56.9 Å². The van der Waals surface area contributed by atoms with Gasteiger partial charge in [-0.25, -0.2) is 13.2 Å². The van der Waals surface area contributed by atoms with Gasteiger partial charge in [-0.15, -0.1) is 11.3 Å². The van der Waals surface area contributed by atoms with E-state index < -0.39 is 16.0 Å². The van der Waals surface area contributed by atoms with Gasteiger partial charge < -0.3 is 10.1 Å². The number of hydrogen-bond acceptors (Lipinski definition) is 6. The fraction of sp³-hybridized carbons (Fsp3) is 0.478. The summed E-state index contributed by atoms with van der Waals surface area (Å²) in [6.07, 6.45) is 4.42. The van der Waals surface area contributed by atoms with E-state index in [1.807, 2.05) is 0 Å². The van der Waals surface area contributed by atoms with Crippen molar-refractivity contribution >= 4 is 38.2 Å². The van der Waals surface area contributed by atoms with Crippen LogP contribution in [0.15, 0.2) is 29.2 Å². The van der Waals surface area contributed by atoms with E-state index in [-0.39, 0.29) is 23.5 Å². The van der Waals surface area contributed by atoms with Crippen LogP contribution in [0, 0.1) is 5.92 Å². The molecule has 0 saturated heterocycles. The van der Waals surface area contributed by atoms with Crippen LogP contribution in [0.25, 0.3) is 0 Å². The minimum atomic E-state index is -3.57. The molecule has 1 aromatic heterocycles. The Morgan fingerprint density at radius 3 is 2.50 bits per heavy atom. The molecule has 2 aliphatic carbocycles. The molecule has 0 unspecified atom stereocenters. The summed E-state index contributed by atoms with van der Waals surface area (Å²) in [5, 5.41) is 3.36. The molecule has 0 spiro atoms. The lowest BCUT2D eigenvalue weighted by Gasteiger charge is -2.18. The molecule has 2 aromatic rings. The number of carbonyl (C=O) groups excluding carboxylic acids is 2. The number of thiophene rings is 1. The van der Waals surface area contributed by atoms with Crippen molar-refractivity contribution in [2.75, 3.05) is 19.0 Å². The Balaban J connectivity index is 1.57. The average Bonchev–Trinajstić information content (AvgIpc) is 3.54. The first-order valence-electron chi connectivity index (χ1n) is 10.9. The maximum absolute atomic E-state index is 12.9. The van der Waals surface area contributed by atoms with Gasteiger partial charge in [0.1, 0.15) is 5.00 Å². The molecule has 1 saturated carbocycles. The highest BCUT2D eigenvalue weighted by Gasteiger charge is 2.35. The van der Waals surface area contributed by atoms with Crippen molar-refractivity contribution in [3.63, 3.8) is 0 Å². The second kappa shape index (κ2) is 8.96. The molecule has 9 heteroatoms. The monoisotopic (exact) mass is 476 g/mol. The number of nitrogens with one attached hydrogen (secondary N) is 1. The van der Waals surface area contributed by atoms with Gasteiger partial charge in [0.25, 0.3) is 5.91 Å². The van der Waals surface area contributed by atoms with E-state index in [0.29, 0.717) is 22.0 Å². The summed E-state index contributed by atoms with van der Waals surface area (Å²) >= 11 is 1.43. The molecule has 1 N–H and O–H groups in total. The van der Waals surface area contributed by atoms with Crippen LogP contribution in [-0.4, -0.2) is 44.3 Å². The van der Waals surface area contributed by atoms with E-state index in [1.165, 1.54) is 39.9 Å². The van der Waals surface area contributed by atoms with Crippen LogP contribution in [0.2, 0.25) is 0 Å². The normalized spacial score (nSPS) is 18.3. The summed E-state index contributed by atoms with van der Waals surface area (Å²) in [5.41, 5.74) is 1.76. The van der Waals surface area contributed by atoms with Crippen LogP contribution in [0.5, 0.6) is 0 Å². The lowest BCUT2D eigenvalue weighted by molar-refractivity contribution is 0.0526. The van der Waals surface area contributed by atoms with Gasteiger partial charge in [0.05, 0.1) is 17.1 Å². The lowest BCUT2D eigenvalue weighted by atomic mass is 9.88. The number of carbonyl (C=O) groups is 2. The van der Waals surface area contributed by atoms with Gasteiger partial charge in [-0.05, 0) is 74.8 Å². The molecule has 2 aliphatic rings. The van der Waals surface area contributed by atoms with Gasteiger partial charge in [0.2, 0.25) is 10.0 Å². The van der Waals surface area contributed by atoms with Crippen molar-refractivity contribution < 1.29 is 22.7 Å². The Kier molecular flexibility index (Phi) is 6.42. The largest absolute Gasteiger partial charge is 0.462 e. The summed E-state index contributed by atoms with van der Waals surface area (Å²) in [4.78, 5) is 26.8. The Hall–Kier alpha value is -2.23. The highest BCUT2D eigenvalue weighted by molar-refractivity contribution is 7.89. The molecule has 4 rings (SSSR count). The van der Waals surface area contributed by atoms with Gasteiger partial charge in [0.15, 0.2) is 0 Å². The zero-order valence-electron chi connectivity index (χ0n) is 18.5. The van der Waals surface area contributed by atoms with Crippen molar-refractivity contribution in [1.29, 1.82) is 0 Å². The Labute approximate surface area is 192 Å². The molecule has 1 aromatic carbocycles. The second-order valence-corrected chi connectivity index (χ2v) is 11.6. The third-order valence-electron chi connectivity index (χ3n) is 6.07. The molecule has 0 aliphatic heterocycles. The van der Waals surface area contributed by atoms with Crippen LogP contribution in [0.3, 0.4) is 0 Å². The summed E-state index contributed by atoms with van der Waals surface area (Å²) < 4.78 is 32.0. The average molecular weight is 477 g/mol. The molecule has 1 amide bonds. The van der Waals surface area contributed by atoms with E-state index in [0.717, 1.165) is 42.5 Å². The van der Waals surface area contributed by atoms with Crippen LogP contribution < -0.4 is 5.32 Å². The van der Waals surface area contributed by atoms with E-state index in [9.17, 15) is 18.0 Å². The van der Waals surface area contributed by atoms with Gasteiger partial charge in [0, 0.05) is 23.5 Å². The number of fused-ring (bicyclic) bond motifs is 1. The Bertz CT molecular complexity index is 1130. The lowest BCUT2D eigenvalue weighted by Crippen LogP contribution is -2.29. The number of ether oxygens (including phenoxy) is 1. The summed E-state index contributed by atoms with van der Waals surface area (Å²) in [6.45, 7) is 4.20. The Morgan fingerprint density at radius 1 is 1.19 bits per heavy atom. The fourth-order valence-corrected chi connectivity index (χ4v) is 6.82. The summed E-state index contributed by atoms with van der Waals surface area (Å²) in [5.74, 6) is -0.274. The van der Waals surface area contributed by atoms with E-state index in [4.69, 9.17) is 4.74 Å². The van der Waals surface area contributed by atoms with Crippen LogP contribution in [0.1, 0.15) is 64.3 Å². The molecular weight excluding hydrogens is 448 g/mol. The third kappa shape index (κ3) is 4.46. The first-order valence-corrected chi connectivity index (χ1v) is 13.2. The van der Waals surface area contributed by atoms with Crippen molar-refractivity contribution in [2.24, 2.45) is 5.92 Å². The molecule has 1 heterocycles. The summed E-state index contributed by atoms with van der Waals surface area (Å²) in [7, 11) is -1.98. The highest BCUT2D eigenvalue weighted by Crippen LogP contribution is 2.40. The number of anilines is 1. The third-order valence-corrected chi connectivity index (χ3v) is 9.17. The zero-order valence-corrected chi connectivity index (χ0v) is 20.1. The number of benzene rings is 1. The minimum absolute atomic E-state index is 0.0665. The molecule has 172 valence electrons. The van der Waals surface area contributed by atoms with Gasteiger partial charge in [-0.2, -0.15) is 4.31 Å². The van der Waals surface area contributed by atoms with Crippen LogP contribution in [0.4, 0.5) is 5.00 Å². The minimum Gasteiger partial charge on any atom is -0.462 e. The molecule has 1 atom stereocenters. The number of hydrogen-bond donors (Lipinski definition) is 1. The fourth-order valence-electron chi connectivity index (χ4n) is 4.01. The number of amides is 1. The zero-order chi connectivity index (χ0) is 23.0. The standard InChI is InChI=1S/C23H28N2O5S2/c1-4-30-23(27)20-18-12-5-14(2)13-19(18)31-22(20)24-21(26)15-6-10-17(11-7-15)32(28,29)25(3)16-8-9-16/h6-7,10-11,14,16H,4-5,8-9,12-13H2,1-3H3,(H,24,26)/t14-/m0/s1.